The lowest BCUT2D eigenvalue weighted by molar-refractivity contribution is -0.385. The number of aryl methyl sites for hydroxylation is 3. The molecule has 0 spiro atoms. The van der Waals surface area contributed by atoms with Crippen LogP contribution < -0.4 is 4.74 Å². The molecule has 5 nitrogen and oxygen atoms in total. The Kier molecular flexibility index (Phi) is 4.74. The first-order chi connectivity index (χ1) is 10.8. The number of benzene rings is 2. The zero-order valence-electron chi connectivity index (χ0n) is 13.1. The maximum Gasteiger partial charge on any atom is 0.272 e. The summed E-state index contributed by atoms with van der Waals surface area (Å²) in [5.74, 6) is -1.34. The normalized spacial score (nSPS) is 10.4. The Morgan fingerprint density at radius 3 is 2.39 bits per heavy atom. The Morgan fingerprint density at radius 1 is 1.13 bits per heavy atom. The minimum Gasteiger partial charge on any atom is -0.482 e. The van der Waals surface area contributed by atoms with Crippen molar-refractivity contribution in [3.05, 3.63) is 68.5 Å². The molecular weight excluding hydrogens is 301 g/mol. The highest BCUT2D eigenvalue weighted by Crippen LogP contribution is 2.23. The molecule has 0 N–H and O–H groups in total. The first-order valence-electron chi connectivity index (χ1n) is 6.97. The van der Waals surface area contributed by atoms with E-state index in [-0.39, 0.29) is 23.8 Å². The van der Waals surface area contributed by atoms with Crippen molar-refractivity contribution in [1.82, 2.24) is 0 Å². The van der Waals surface area contributed by atoms with E-state index in [1.54, 1.807) is 6.07 Å². The third-order valence-corrected chi connectivity index (χ3v) is 3.63. The van der Waals surface area contributed by atoms with Crippen LogP contribution in [0.2, 0.25) is 0 Å². The second-order valence-corrected chi connectivity index (χ2v) is 5.34. The molecule has 23 heavy (non-hydrogen) atoms. The molecule has 2 aromatic carbocycles. The molecule has 120 valence electrons. The van der Waals surface area contributed by atoms with Gasteiger partial charge in [-0.1, -0.05) is 6.07 Å². The molecule has 0 saturated carbocycles. The van der Waals surface area contributed by atoms with Gasteiger partial charge < -0.3 is 4.74 Å². The van der Waals surface area contributed by atoms with Gasteiger partial charge in [-0.15, -0.1) is 0 Å². The molecule has 0 bridgehead atoms. The van der Waals surface area contributed by atoms with Crippen LogP contribution in [0.5, 0.6) is 5.75 Å². The molecule has 0 atom stereocenters. The number of carbonyl (C=O) groups excluding carboxylic acids is 1. The van der Waals surface area contributed by atoms with Crippen molar-refractivity contribution in [3.63, 3.8) is 0 Å². The molecule has 0 aliphatic rings. The van der Waals surface area contributed by atoms with Crippen LogP contribution in [-0.2, 0) is 0 Å². The number of halogens is 1. The van der Waals surface area contributed by atoms with Crippen LogP contribution in [0.4, 0.5) is 10.1 Å². The van der Waals surface area contributed by atoms with Crippen LogP contribution in [0, 0.1) is 36.7 Å². The van der Waals surface area contributed by atoms with Crippen molar-refractivity contribution in [1.29, 1.82) is 0 Å². The number of rotatable bonds is 5. The minimum absolute atomic E-state index is 0.189. The summed E-state index contributed by atoms with van der Waals surface area (Å²) < 4.78 is 18.9. The lowest BCUT2D eigenvalue weighted by Gasteiger charge is -2.10. The summed E-state index contributed by atoms with van der Waals surface area (Å²) in [4.78, 5) is 22.1. The molecule has 0 amide bonds. The van der Waals surface area contributed by atoms with E-state index in [1.165, 1.54) is 0 Å². The van der Waals surface area contributed by atoms with Crippen molar-refractivity contribution in [2.24, 2.45) is 0 Å². The molecule has 2 rings (SSSR count). The molecule has 0 radical (unpaired) electrons. The SMILES string of the molecule is Cc1cc(C)c(C(=O)COc2ccc([N+](=O)[O-])cc2F)cc1C. The number of non-ortho nitro benzene ring substituents is 1. The van der Waals surface area contributed by atoms with Gasteiger partial charge in [0.25, 0.3) is 5.69 Å². The predicted octanol–water partition coefficient (Wildman–Crippen LogP) is 3.92. The lowest BCUT2D eigenvalue weighted by Crippen LogP contribution is -2.14. The van der Waals surface area contributed by atoms with Crippen molar-refractivity contribution in [2.75, 3.05) is 6.61 Å². The van der Waals surface area contributed by atoms with Crippen LogP contribution >= 0.6 is 0 Å². The number of hydrogen-bond donors (Lipinski definition) is 0. The van der Waals surface area contributed by atoms with Crippen LogP contribution in [0.15, 0.2) is 30.3 Å². The van der Waals surface area contributed by atoms with E-state index in [4.69, 9.17) is 4.74 Å². The van der Waals surface area contributed by atoms with Crippen LogP contribution in [0.1, 0.15) is 27.0 Å². The Bertz CT molecular complexity index is 786. The van der Waals surface area contributed by atoms with E-state index in [0.717, 1.165) is 34.9 Å². The van der Waals surface area contributed by atoms with E-state index >= 15 is 0 Å². The van der Waals surface area contributed by atoms with Gasteiger partial charge in [0.2, 0.25) is 0 Å². The zero-order valence-corrected chi connectivity index (χ0v) is 13.1. The maximum absolute atomic E-state index is 13.7. The van der Waals surface area contributed by atoms with Gasteiger partial charge in [0.1, 0.15) is 0 Å². The number of nitro groups is 1. The minimum atomic E-state index is -0.871. The largest absolute Gasteiger partial charge is 0.482 e. The fourth-order valence-electron chi connectivity index (χ4n) is 2.20. The average molecular weight is 317 g/mol. The third-order valence-electron chi connectivity index (χ3n) is 3.63. The number of ether oxygens (including phenoxy) is 1. The first kappa shape index (κ1) is 16.6. The Balaban J connectivity index is 2.13. The fourth-order valence-corrected chi connectivity index (χ4v) is 2.20. The van der Waals surface area contributed by atoms with Gasteiger partial charge in [0.05, 0.1) is 11.0 Å². The molecule has 0 fully saturated rings. The van der Waals surface area contributed by atoms with Crippen molar-refractivity contribution in [3.8, 4) is 5.75 Å². The number of Topliss-reactive ketones (excluding diaryl/α,β-unsaturated/α-hetero) is 1. The van der Waals surface area contributed by atoms with E-state index < -0.39 is 10.7 Å². The topological polar surface area (TPSA) is 69.4 Å². The van der Waals surface area contributed by atoms with Gasteiger partial charge in [-0.25, -0.2) is 4.39 Å². The summed E-state index contributed by atoms with van der Waals surface area (Å²) in [6, 6.07) is 6.73. The van der Waals surface area contributed by atoms with Crippen molar-refractivity contribution in [2.45, 2.75) is 20.8 Å². The quantitative estimate of drug-likeness (QED) is 0.476. The number of hydrogen-bond acceptors (Lipinski definition) is 4. The molecule has 0 aliphatic heterocycles. The molecule has 0 aliphatic carbocycles. The molecular formula is C17H16FNO4. The van der Waals surface area contributed by atoms with E-state index in [0.29, 0.717) is 5.56 Å². The average Bonchev–Trinajstić information content (AvgIpc) is 2.49. The molecule has 0 saturated heterocycles. The van der Waals surface area contributed by atoms with Crippen LogP contribution in [-0.4, -0.2) is 17.3 Å². The molecule has 6 heteroatoms. The zero-order chi connectivity index (χ0) is 17.1. The lowest BCUT2D eigenvalue weighted by atomic mass is 9.98. The van der Waals surface area contributed by atoms with Crippen LogP contribution in [0.25, 0.3) is 0 Å². The summed E-state index contributed by atoms with van der Waals surface area (Å²) in [5.41, 5.74) is 3.05. The smallest absolute Gasteiger partial charge is 0.272 e. The standard InChI is InChI=1S/C17H16FNO4/c1-10-6-12(3)14(7-11(10)2)16(20)9-23-17-5-4-13(19(21)22)8-15(17)18/h4-8H,9H2,1-3H3. The summed E-state index contributed by atoms with van der Waals surface area (Å²) in [7, 11) is 0. The summed E-state index contributed by atoms with van der Waals surface area (Å²) in [6.07, 6.45) is 0. The number of carbonyl (C=O) groups is 1. The summed E-state index contributed by atoms with van der Waals surface area (Å²) >= 11 is 0. The second kappa shape index (κ2) is 6.56. The van der Waals surface area contributed by atoms with Gasteiger partial charge in [0.15, 0.2) is 24.0 Å². The Labute approximate surface area is 132 Å². The van der Waals surface area contributed by atoms with E-state index in [9.17, 15) is 19.3 Å². The van der Waals surface area contributed by atoms with Gasteiger partial charge in [-0.05, 0) is 49.6 Å². The van der Waals surface area contributed by atoms with Crippen molar-refractivity contribution < 1.29 is 18.8 Å². The summed E-state index contributed by atoms with van der Waals surface area (Å²) in [5, 5.41) is 10.6. The monoisotopic (exact) mass is 317 g/mol. The second-order valence-electron chi connectivity index (χ2n) is 5.34. The van der Waals surface area contributed by atoms with Gasteiger partial charge in [0, 0.05) is 11.6 Å². The Hall–Kier alpha value is -2.76. The predicted molar refractivity (Wildman–Crippen MR) is 83.5 cm³/mol. The van der Waals surface area contributed by atoms with Gasteiger partial charge in [-0.2, -0.15) is 0 Å². The van der Waals surface area contributed by atoms with Gasteiger partial charge in [-0.3, -0.25) is 14.9 Å². The highest BCUT2D eigenvalue weighted by molar-refractivity contribution is 5.98. The Morgan fingerprint density at radius 2 is 1.78 bits per heavy atom. The summed E-state index contributed by atoms with van der Waals surface area (Å²) in [6.45, 7) is 5.35. The molecule has 0 aromatic heterocycles. The number of nitrogens with zero attached hydrogens (tertiary/aromatic N) is 1. The number of ketones is 1. The molecule has 0 unspecified atom stereocenters. The molecule has 2 aromatic rings. The van der Waals surface area contributed by atoms with Crippen molar-refractivity contribution >= 4 is 11.5 Å². The third kappa shape index (κ3) is 3.71. The maximum atomic E-state index is 13.7. The highest BCUT2D eigenvalue weighted by atomic mass is 19.1. The van der Waals surface area contributed by atoms with Crippen LogP contribution in [0.3, 0.4) is 0 Å². The van der Waals surface area contributed by atoms with E-state index in [1.807, 2.05) is 26.8 Å². The molecule has 0 heterocycles. The van der Waals surface area contributed by atoms with E-state index in [2.05, 4.69) is 0 Å². The number of nitro benzene ring substituents is 1. The fraction of sp³-hybridized carbons (Fsp3) is 0.235. The van der Waals surface area contributed by atoms with Gasteiger partial charge >= 0.3 is 0 Å². The highest BCUT2D eigenvalue weighted by Gasteiger charge is 2.15. The first-order valence-corrected chi connectivity index (χ1v) is 6.97.